The number of carbonyl (C=O) groups is 2. The Kier molecular flexibility index (Phi) is 7.16. The van der Waals surface area contributed by atoms with E-state index in [4.69, 9.17) is 6.42 Å². The van der Waals surface area contributed by atoms with Gasteiger partial charge in [0.25, 0.3) is 0 Å². The number of ketones is 1. The number of allylic oxidation sites excluding steroid dienone is 1. The van der Waals surface area contributed by atoms with Crippen LogP contribution in [0.5, 0.6) is 0 Å². The second kappa shape index (κ2) is 8.06. The van der Waals surface area contributed by atoms with Gasteiger partial charge in [0.2, 0.25) is 5.91 Å². The highest BCUT2D eigenvalue weighted by Crippen LogP contribution is 2.00. The molecule has 0 aromatic carbocycles. The lowest BCUT2D eigenvalue weighted by Gasteiger charge is -2.00. The van der Waals surface area contributed by atoms with Crippen molar-refractivity contribution in [2.24, 2.45) is 0 Å². The molecule has 0 aromatic rings. The Morgan fingerprint density at radius 1 is 1.36 bits per heavy atom. The zero-order chi connectivity index (χ0) is 10.8. The molecule has 1 amide bonds. The summed E-state index contributed by atoms with van der Waals surface area (Å²) in [5.41, 5.74) is 0. The highest BCUT2D eigenvalue weighted by Gasteiger charge is 2.00. The normalized spacial score (nSPS) is 8.79. The van der Waals surface area contributed by atoms with Crippen molar-refractivity contribution >= 4 is 11.7 Å². The number of carbonyl (C=O) groups excluding carboxylic acids is 2. The van der Waals surface area contributed by atoms with Crippen LogP contribution in [0, 0.1) is 12.3 Å². The van der Waals surface area contributed by atoms with Gasteiger partial charge in [-0.05, 0) is 18.9 Å². The van der Waals surface area contributed by atoms with Gasteiger partial charge in [-0.15, -0.1) is 6.42 Å². The van der Waals surface area contributed by atoms with Crippen LogP contribution in [-0.2, 0) is 9.59 Å². The van der Waals surface area contributed by atoms with E-state index in [9.17, 15) is 9.59 Å². The van der Waals surface area contributed by atoms with Crippen molar-refractivity contribution in [3.8, 4) is 12.3 Å². The van der Waals surface area contributed by atoms with Gasteiger partial charge in [0, 0.05) is 12.8 Å². The van der Waals surface area contributed by atoms with Crippen LogP contribution < -0.4 is 5.32 Å². The molecular weight excluding hydrogens is 178 g/mol. The van der Waals surface area contributed by atoms with Crippen LogP contribution in [0.3, 0.4) is 0 Å². The Labute approximate surface area is 84.6 Å². The number of terminal acetylenes is 1. The van der Waals surface area contributed by atoms with Gasteiger partial charge in [0.15, 0.2) is 5.78 Å². The van der Waals surface area contributed by atoms with E-state index in [1.165, 1.54) is 6.08 Å². The smallest absolute Gasteiger partial charge is 0.220 e. The molecule has 3 nitrogen and oxygen atoms in total. The van der Waals surface area contributed by atoms with E-state index >= 15 is 0 Å². The number of hydrogen-bond acceptors (Lipinski definition) is 2. The number of amides is 1. The molecule has 0 unspecified atom stereocenters. The Bertz CT molecular complexity index is 251. The molecule has 0 saturated heterocycles. The first kappa shape index (κ1) is 12.4. The summed E-state index contributed by atoms with van der Waals surface area (Å²) in [6.07, 6.45) is 8.58. The molecule has 0 heterocycles. The molecule has 0 bridgehead atoms. The van der Waals surface area contributed by atoms with E-state index in [1.54, 1.807) is 0 Å². The maximum Gasteiger partial charge on any atom is 0.220 e. The topological polar surface area (TPSA) is 46.2 Å². The van der Waals surface area contributed by atoms with Crippen LogP contribution in [0.2, 0.25) is 0 Å². The number of nitrogens with one attached hydrogen (secondary N) is 1. The first-order valence-corrected chi connectivity index (χ1v) is 4.56. The fraction of sp³-hybridized carbons (Fsp3) is 0.455. The molecule has 3 heteroatoms. The van der Waals surface area contributed by atoms with Gasteiger partial charge in [-0.2, -0.15) is 0 Å². The molecule has 0 aromatic heterocycles. The summed E-state index contributed by atoms with van der Waals surface area (Å²) < 4.78 is 0. The molecule has 1 N–H and O–H groups in total. The second-order valence-electron chi connectivity index (χ2n) is 2.86. The summed E-state index contributed by atoms with van der Waals surface area (Å²) in [6.45, 7) is 3.63. The Morgan fingerprint density at radius 3 is 2.57 bits per heavy atom. The summed E-state index contributed by atoms with van der Waals surface area (Å²) in [6, 6.07) is 0. The molecule has 76 valence electrons. The van der Waals surface area contributed by atoms with Crippen molar-refractivity contribution in [2.45, 2.75) is 25.7 Å². The third kappa shape index (κ3) is 7.11. The molecule has 0 aliphatic rings. The monoisotopic (exact) mass is 193 g/mol. The largest absolute Gasteiger partial charge is 0.345 e. The van der Waals surface area contributed by atoms with Crippen LogP contribution >= 0.6 is 0 Å². The summed E-state index contributed by atoms with van der Waals surface area (Å²) in [5, 5.41) is 2.55. The average Bonchev–Trinajstić information content (AvgIpc) is 2.21. The standard InChI is InChI=1S/C11H15NO2/c1-3-9-12-11(14)8-6-5-7-10(13)4-2/h1,4H,2,5-9H2,(H,12,14). The zero-order valence-electron chi connectivity index (χ0n) is 8.21. The van der Waals surface area contributed by atoms with Crippen LogP contribution in [0.25, 0.3) is 0 Å². The minimum Gasteiger partial charge on any atom is -0.345 e. The maximum absolute atomic E-state index is 11.0. The Morgan fingerprint density at radius 2 is 2.00 bits per heavy atom. The molecule has 0 aliphatic heterocycles. The van der Waals surface area contributed by atoms with Gasteiger partial charge in [0.1, 0.15) is 0 Å². The van der Waals surface area contributed by atoms with Crippen LogP contribution in [0.4, 0.5) is 0 Å². The second-order valence-corrected chi connectivity index (χ2v) is 2.86. The van der Waals surface area contributed by atoms with Crippen LogP contribution in [-0.4, -0.2) is 18.2 Å². The van der Waals surface area contributed by atoms with E-state index in [2.05, 4.69) is 17.8 Å². The number of rotatable bonds is 7. The lowest BCUT2D eigenvalue weighted by molar-refractivity contribution is -0.121. The molecule has 0 aliphatic carbocycles. The predicted molar refractivity (Wildman–Crippen MR) is 55.5 cm³/mol. The predicted octanol–water partition coefficient (Wildman–Crippen LogP) is 1.05. The maximum atomic E-state index is 11.0. The van der Waals surface area contributed by atoms with Gasteiger partial charge in [-0.3, -0.25) is 9.59 Å². The highest BCUT2D eigenvalue weighted by atomic mass is 16.1. The minimum absolute atomic E-state index is 0.0223. The van der Waals surface area contributed by atoms with Crippen molar-refractivity contribution in [3.63, 3.8) is 0 Å². The van der Waals surface area contributed by atoms with Crippen LogP contribution in [0.15, 0.2) is 12.7 Å². The lowest BCUT2D eigenvalue weighted by Crippen LogP contribution is -2.22. The summed E-state index contributed by atoms with van der Waals surface area (Å²) in [7, 11) is 0. The van der Waals surface area contributed by atoms with E-state index in [-0.39, 0.29) is 18.2 Å². The van der Waals surface area contributed by atoms with E-state index in [1.807, 2.05) is 0 Å². The van der Waals surface area contributed by atoms with Crippen molar-refractivity contribution in [2.75, 3.05) is 6.54 Å². The lowest BCUT2D eigenvalue weighted by atomic mass is 10.1. The highest BCUT2D eigenvalue weighted by molar-refractivity contribution is 5.88. The van der Waals surface area contributed by atoms with Crippen molar-refractivity contribution < 1.29 is 9.59 Å². The van der Waals surface area contributed by atoms with E-state index in [0.717, 1.165) is 0 Å². The fourth-order valence-corrected chi connectivity index (χ4v) is 0.925. The van der Waals surface area contributed by atoms with Gasteiger partial charge in [-0.1, -0.05) is 12.5 Å². The summed E-state index contributed by atoms with van der Waals surface area (Å²) >= 11 is 0. The average molecular weight is 193 g/mol. The number of unbranched alkanes of at least 4 members (excludes halogenated alkanes) is 1. The van der Waals surface area contributed by atoms with E-state index in [0.29, 0.717) is 25.7 Å². The third-order valence-electron chi connectivity index (χ3n) is 1.69. The minimum atomic E-state index is -0.0611. The Balaban J connectivity index is 3.36. The number of hydrogen-bond donors (Lipinski definition) is 1. The zero-order valence-corrected chi connectivity index (χ0v) is 8.21. The van der Waals surface area contributed by atoms with Crippen LogP contribution in [0.1, 0.15) is 25.7 Å². The Hall–Kier alpha value is -1.56. The molecule has 0 rings (SSSR count). The van der Waals surface area contributed by atoms with E-state index < -0.39 is 0 Å². The van der Waals surface area contributed by atoms with Crippen molar-refractivity contribution in [1.29, 1.82) is 0 Å². The molecule has 0 radical (unpaired) electrons. The fourth-order valence-electron chi connectivity index (χ4n) is 0.925. The first-order chi connectivity index (χ1) is 6.70. The molecule has 0 saturated carbocycles. The molecule has 14 heavy (non-hydrogen) atoms. The first-order valence-electron chi connectivity index (χ1n) is 4.56. The van der Waals surface area contributed by atoms with Crippen molar-refractivity contribution in [1.82, 2.24) is 5.32 Å². The quantitative estimate of drug-likeness (QED) is 0.373. The van der Waals surface area contributed by atoms with Gasteiger partial charge in [0.05, 0.1) is 6.54 Å². The summed E-state index contributed by atoms with van der Waals surface area (Å²) in [4.78, 5) is 21.8. The summed E-state index contributed by atoms with van der Waals surface area (Å²) in [5.74, 6) is 2.28. The molecule has 0 spiro atoms. The van der Waals surface area contributed by atoms with Crippen molar-refractivity contribution in [3.05, 3.63) is 12.7 Å². The third-order valence-corrected chi connectivity index (χ3v) is 1.69. The van der Waals surface area contributed by atoms with Gasteiger partial charge < -0.3 is 5.32 Å². The molecular formula is C11H15NO2. The van der Waals surface area contributed by atoms with Gasteiger partial charge in [-0.25, -0.2) is 0 Å². The van der Waals surface area contributed by atoms with Gasteiger partial charge >= 0.3 is 0 Å². The molecule has 0 fully saturated rings. The molecule has 0 atom stereocenters. The SMILES string of the molecule is C#CCNC(=O)CCCCC(=O)C=C.